The fourth-order valence-electron chi connectivity index (χ4n) is 2.02. The summed E-state index contributed by atoms with van der Waals surface area (Å²) in [6, 6.07) is 7.09. The standard InChI is InChI=1S/C13H19NO5/c1-7-10(15)11(16)12(17)13(19-7)14-8-3-5-9(18-2)6-4-8/h3-7,10-17H,1-2H3/t7-,10+,11+,12-,13-/m1/s1. The molecular formula is C13H19NO5. The van der Waals surface area contributed by atoms with Gasteiger partial charge in [-0.25, -0.2) is 0 Å². The summed E-state index contributed by atoms with van der Waals surface area (Å²) in [6.45, 7) is 1.64. The van der Waals surface area contributed by atoms with Crippen LogP contribution in [0, 0.1) is 0 Å². The summed E-state index contributed by atoms with van der Waals surface area (Å²) in [5, 5.41) is 32.1. The summed E-state index contributed by atoms with van der Waals surface area (Å²) in [5.74, 6) is 0.722. The molecule has 1 saturated heterocycles. The van der Waals surface area contributed by atoms with Crippen LogP contribution in [0.4, 0.5) is 5.69 Å². The van der Waals surface area contributed by atoms with Crippen LogP contribution in [0.5, 0.6) is 5.75 Å². The van der Waals surface area contributed by atoms with E-state index in [4.69, 9.17) is 9.47 Å². The van der Waals surface area contributed by atoms with E-state index >= 15 is 0 Å². The van der Waals surface area contributed by atoms with Crippen LogP contribution in [0.1, 0.15) is 6.92 Å². The van der Waals surface area contributed by atoms with Crippen LogP contribution in [-0.4, -0.2) is 53.1 Å². The molecule has 6 nitrogen and oxygen atoms in total. The molecule has 1 aromatic rings. The lowest BCUT2D eigenvalue weighted by molar-refractivity contribution is -0.209. The second kappa shape index (κ2) is 5.75. The molecule has 19 heavy (non-hydrogen) atoms. The maximum atomic E-state index is 9.87. The van der Waals surface area contributed by atoms with E-state index < -0.39 is 30.6 Å². The molecule has 106 valence electrons. The minimum atomic E-state index is -1.24. The van der Waals surface area contributed by atoms with E-state index in [0.29, 0.717) is 0 Å². The Morgan fingerprint density at radius 3 is 2.26 bits per heavy atom. The number of ether oxygens (including phenoxy) is 2. The largest absolute Gasteiger partial charge is 0.497 e. The molecule has 0 spiro atoms. The Balaban J connectivity index is 2.05. The van der Waals surface area contributed by atoms with Crippen LogP contribution in [0.15, 0.2) is 24.3 Å². The van der Waals surface area contributed by atoms with E-state index in [1.54, 1.807) is 38.3 Å². The smallest absolute Gasteiger partial charge is 0.157 e. The fourth-order valence-corrected chi connectivity index (χ4v) is 2.02. The number of aliphatic hydroxyl groups is 3. The first kappa shape index (κ1) is 14.1. The minimum Gasteiger partial charge on any atom is -0.497 e. The Bertz CT molecular complexity index is 410. The van der Waals surface area contributed by atoms with Gasteiger partial charge >= 0.3 is 0 Å². The first-order valence-electron chi connectivity index (χ1n) is 6.13. The molecule has 1 aliphatic heterocycles. The lowest BCUT2D eigenvalue weighted by Crippen LogP contribution is -2.58. The maximum absolute atomic E-state index is 9.87. The molecule has 6 heteroatoms. The third-order valence-corrected chi connectivity index (χ3v) is 3.25. The quantitative estimate of drug-likeness (QED) is 0.614. The number of benzene rings is 1. The Morgan fingerprint density at radius 2 is 1.68 bits per heavy atom. The molecule has 1 fully saturated rings. The second-order valence-corrected chi connectivity index (χ2v) is 4.61. The average molecular weight is 269 g/mol. The van der Waals surface area contributed by atoms with E-state index in [1.165, 1.54) is 0 Å². The van der Waals surface area contributed by atoms with Crippen LogP contribution < -0.4 is 10.1 Å². The zero-order valence-corrected chi connectivity index (χ0v) is 10.9. The van der Waals surface area contributed by atoms with Gasteiger partial charge in [-0.1, -0.05) is 0 Å². The highest BCUT2D eigenvalue weighted by atomic mass is 16.5. The van der Waals surface area contributed by atoms with E-state index in [9.17, 15) is 15.3 Å². The van der Waals surface area contributed by atoms with Gasteiger partial charge in [-0.15, -0.1) is 0 Å². The van der Waals surface area contributed by atoms with Crippen molar-refractivity contribution in [3.05, 3.63) is 24.3 Å². The summed E-state index contributed by atoms with van der Waals surface area (Å²) >= 11 is 0. The SMILES string of the molecule is COc1ccc(N[C@@H]2O[C@H](C)[C@H](O)[C@H](O)[C@H]2O)cc1. The number of hydrogen-bond donors (Lipinski definition) is 4. The molecule has 2 rings (SSSR count). The van der Waals surface area contributed by atoms with E-state index in [1.807, 2.05) is 0 Å². The molecule has 0 aromatic heterocycles. The molecule has 5 atom stereocenters. The average Bonchev–Trinajstić information content (AvgIpc) is 2.43. The fraction of sp³-hybridized carbons (Fsp3) is 0.538. The number of nitrogens with one attached hydrogen (secondary N) is 1. The Kier molecular flexibility index (Phi) is 4.26. The van der Waals surface area contributed by atoms with Crippen molar-refractivity contribution in [3.8, 4) is 5.75 Å². The van der Waals surface area contributed by atoms with Crippen molar-refractivity contribution >= 4 is 5.69 Å². The van der Waals surface area contributed by atoms with Crippen molar-refractivity contribution in [1.82, 2.24) is 0 Å². The van der Waals surface area contributed by atoms with Gasteiger partial charge in [-0.2, -0.15) is 0 Å². The third-order valence-electron chi connectivity index (χ3n) is 3.25. The number of hydrogen-bond acceptors (Lipinski definition) is 6. The number of methoxy groups -OCH3 is 1. The molecule has 0 unspecified atom stereocenters. The second-order valence-electron chi connectivity index (χ2n) is 4.61. The van der Waals surface area contributed by atoms with E-state index in [2.05, 4.69) is 5.32 Å². The first-order valence-corrected chi connectivity index (χ1v) is 6.13. The van der Waals surface area contributed by atoms with Gasteiger partial charge in [-0.3, -0.25) is 0 Å². The van der Waals surface area contributed by atoms with Gasteiger partial charge in [0.1, 0.15) is 24.1 Å². The van der Waals surface area contributed by atoms with E-state index in [0.717, 1.165) is 11.4 Å². The molecule has 1 aromatic carbocycles. The van der Waals surface area contributed by atoms with Gasteiger partial charge in [0.15, 0.2) is 6.23 Å². The zero-order valence-electron chi connectivity index (χ0n) is 10.9. The molecule has 0 saturated carbocycles. The maximum Gasteiger partial charge on any atom is 0.157 e. The van der Waals surface area contributed by atoms with Gasteiger partial charge in [-0.05, 0) is 31.2 Å². The molecule has 0 amide bonds. The third kappa shape index (κ3) is 2.98. The van der Waals surface area contributed by atoms with Gasteiger partial charge in [0, 0.05) is 5.69 Å². The summed E-state index contributed by atoms with van der Waals surface area (Å²) in [6.07, 6.45) is -4.87. The molecule has 1 aliphatic rings. The van der Waals surface area contributed by atoms with Crippen molar-refractivity contribution in [3.63, 3.8) is 0 Å². The van der Waals surface area contributed by atoms with Crippen molar-refractivity contribution in [2.75, 3.05) is 12.4 Å². The molecule has 4 N–H and O–H groups in total. The van der Waals surface area contributed by atoms with Crippen molar-refractivity contribution < 1.29 is 24.8 Å². The predicted octanol–water partition coefficient (Wildman–Crippen LogP) is -0.0654. The first-order chi connectivity index (χ1) is 9.02. The lowest BCUT2D eigenvalue weighted by atomic mass is 9.99. The van der Waals surface area contributed by atoms with Gasteiger partial charge in [0.05, 0.1) is 13.2 Å². The predicted molar refractivity (Wildman–Crippen MR) is 69.0 cm³/mol. The molecular weight excluding hydrogens is 250 g/mol. The number of anilines is 1. The van der Waals surface area contributed by atoms with Gasteiger partial charge in [0.25, 0.3) is 0 Å². The summed E-state index contributed by atoms with van der Waals surface area (Å²) in [5.41, 5.74) is 0.723. The van der Waals surface area contributed by atoms with Gasteiger partial charge in [0.2, 0.25) is 0 Å². The van der Waals surface area contributed by atoms with Crippen LogP contribution in [0.3, 0.4) is 0 Å². The van der Waals surface area contributed by atoms with Crippen LogP contribution in [-0.2, 0) is 4.74 Å². The summed E-state index contributed by atoms with van der Waals surface area (Å²) in [7, 11) is 1.58. The number of rotatable bonds is 3. The molecule has 1 heterocycles. The molecule has 0 bridgehead atoms. The Labute approximate surface area is 111 Å². The molecule has 0 radical (unpaired) electrons. The Hall–Kier alpha value is -1.34. The summed E-state index contributed by atoms with van der Waals surface area (Å²) in [4.78, 5) is 0. The highest BCUT2D eigenvalue weighted by Crippen LogP contribution is 2.23. The highest BCUT2D eigenvalue weighted by Gasteiger charge is 2.41. The topological polar surface area (TPSA) is 91.2 Å². The van der Waals surface area contributed by atoms with Crippen molar-refractivity contribution in [2.24, 2.45) is 0 Å². The van der Waals surface area contributed by atoms with Gasteiger partial charge < -0.3 is 30.1 Å². The highest BCUT2D eigenvalue weighted by molar-refractivity contribution is 5.47. The monoisotopic (exact) mass is 269 g/mol. The van der Waals surface area contributed by atoms with Crippen molar-refractivity contribution in [2.45, 2.75) is 37.6 Å². The zero-order chi connectivity index (χ0) is 14.0. The van der Waals surface area contributed by atoms with Crippen LogP contribution in [0.2, 0.25) is 0 Å². The lowest BCUT2D eigenvalue weighted by Gasteiger charge is -2.39. The van der Waals surface area contributed by atoms with E-state index in [-0.39, 0.29) is 0 Å². The van der Waals surface area contributed by atoms with Crippen LogP contribution >= 0.6 is 0 Å². The minimum absolute atomic E-state index is 0.561. The van der Waals surface area contributed by atoms with Crippen LogP contribution in [0.25, 0.3) is 0 Å². The normalized spacial score (nSPS) is 34.9. The Morgan fingerprint density at radius 1 is 1.05 bits per heavy atom. The summed E-state index contributed by atoms with van der Waals surface area (Å²) < 4.78 is 10.5. The molecule has 0 aliphatic carbocycles. The van der Waals surface area contributed by atoms with Crippen molar-refractivity contribution in [1.29, 1.82) is 0 Å². The number of aliphatic hydroxyl groups excluding tert-OH is 3.